The second kappa shape index (κ2) is 4.80. The van der Waals surface area contributed by atoms with Crippen LogP contribution in [0.25, 0.3) is 0 Å². The molecule has 0 unspecified atom stereocenters. The van der Waals surface area contributed by atoms with Crippen molar-refractivity contribution in [1.29, 1.82) is 0 Å². The summed E-state index contributed by atoms with van der Waals surface area (Å²) < 4.78 is 0.580. The first-order valence-corrected chi connectivity index (χ1v) is 7.53. The molecule has 1 aromatic rings. The number of aliphatic carboxylic acids is 1. The molecule has 4 nitrogen and oxygen atoms in total. The van der Waals surface area contributed by atoms with Crippen LogP contribution >= 0.6 is 22.9 Å². The first kappa shape index (κ1) is 12.9. The molecule has 1 amide bonds. The number of hydrogen-bond donors (Lipinski definition) is 1. The molecule has 1 saturated carbocycles. The maximum absolute atomic E-state index is 12.3. The lowest BCUT2D eigenvalue weighted by Gasteiger charge is -2.14. The molecule has 2 heterocycles. The number of carboxylic acids is 1. The fourth-order valence-electron chi connectivity index (χ4n) is 2.84. The Morgan fingerprint density at radius 1 is 1.32 bits per heavy atom. The van der Waals surface area contributed by atoms with E-state index in [4.69, 9.17) is 11.6 Å². The molecule has 1 saturated heterocycles. The number of carbonyl (C=O) groups is 2. The lowest BCUT2D eigenvalue weighted by molar-refractivity contribution is -0.142. The van der Waals surface area contributed by atoms with Gasteiger partial charge >= 0.3 is 5.97 Å². The topological polar surface area (TPSA) is 57.6 Å². The monoisotopic (exact) mass is 299 g/mol. The zero-order valence-corrected chi connectivity index (χ0v) is 11.8. The number of likely N-dealkylation sites (tertiary alicyclic amines) is 1. The van der Waals surface area contributed by atoms with E-state index in [9.17, 15) is 14.7 Å². The average Bonchev–Trinajstić information content (AvgIpc) is 2.96. The van der Waals surface area contributed by atoms with E-state index in [-0.39, 0.29) is 11.8 Å². The van der Waals surface area contributed by atoms with Crippen molar-refractivity contribution in [3.05, 3.63) is 21.3 Å². The molecule has 102 valence electrons. The lowest BCUT2D eigenvalue weighted by atomic mass is 9.92. The summed E-state index contributed by atoms with van der Waals surface area (Å²) in [5, 5.41) is 9.28. The Morgan fingerprint density at radius 3 is 2.58 bits per heavy atom. The van der Waals surface area contributed by atoms with Gasteiger partial charge < -0.3 is 10.0 Å². The fraction of sp³-hybridized carbons (Fsp3) is 0.538. The summed E-state index contributed by atoms with van der Waals surface area (Å²) in [7, 11) is 0. The van der Waals surface area contributed by atoms with Gasteiger partial charge in [0.1, 0.15) is 0 Å². The smallest absolute Gasteiger partial charge is 0.308 e. The third kappa shape index (κ3) is 2.49. The second-order valence-corrected chi connectivity index (χ2v) is 6.97. The van der Waals surface area contributed by atoms with Gasteiger partial charge in [-0.05, 0) is 36.8 Å². The van der Waals surface area contributed by atoms with Crippen LogP contribution in [-0.2, 0) is 4.79 Å². The van der Waals surface area contributed by atoms with Crippen molar-refractivity contribution >= 4 is 34.8 Å². The molecule has 1 aliphatic carbocycles. The number of hydrogen-bond acceptors (Lipinski definition) is 3. The highest BCUT2D eigenvalue weighted by molar-refractivity contribution is 7.17. The standard InChI is InChI=1S/C13H14ClNO3S/c14-11-4-3-10(19-11)12(16)15-5-8(7-1-2-7)9(6-15)13(17)18/h3-4,7-9H,1-2,5-6H2,(H,17,18)/t8-,9+/m1/s1. The van der Waals surface area contributed by atoms with Crippen molar-refractivity contribution in [2.45, 2.75) is 12.8 Å². The maximum atomic E-state index is 12.3. The van der Waals surface area contributed by atoms with E-state index < -0.39 is 11.9 Å². The lowest BCUT2D eigenvalue weighted by Crippen LogP contribution is -2.29. The van der Waals surface area contributed by atoms with Crippen LogP contribution in [0.3, 0.4) is 0 Å². The quantitative estimate of drug-likeness (QED) is 0.933. The first-order valence-electron chi connectivity index (χ1n) is 6.33. The van der Waals surface area contributed by atoms with Gasteiger partial charge in [0.25, 0.3) is 5.91 Å². The first-order chi connectivity index (χ1) is 9.06. The highest BCUT2D eigenvalue weighted by Gasteiger charge is 2.47. The molecule has 1 N–H and O–H groups in total. The van der Waals surface area contributed by atoms with E-state index in [2.05, 4.69) is 0 Å². The number of nitrogens with zero attached hydrogens (tertiary/aromatic N) is 1. The Bertz CT molecular complexity index is 526. The summed E-state index contributed by atoms with van der Waals surface area (Å²) in [6, 6.07) is 3.40. The minimum atomic E-state index is -0.781. The molecular formula is C13H14ClNO3S. The van der Waals surface area contributed by atoms with E-state index in [0.717, 1.165) is 12.8 Å². The van der Waals surface area contributed by atoms with Gasteiger partial charge in [-0.25, -0.2) is 0 Å². The minimum Gasteiger partial charge on any atom is -0.481 e. The summed E-state index contributed by atoms with van der Waals surface area (Å²) in [5.41, 5.74) is 0. The molecule has 2 atom stereocenters. The van der Waals surface area contributed by atoms with Crippen molar-refractivity contribution in [3.8, 4) is 0 Å². The molecule has 0 aromatic carbocycles. The number of carbonyl (C=O) groups excluding carboxylic acids is 1. The van der Waals surface area contributed by atoms with Gasteiger partial charge in [-0.1, -0.05) is 11.6 Å². The molecule has 0 spiro atoms. The maximum Gasteiger partial charge on any atom is 0.308 e. The van der Waals surface area contributed by atoms with E-state index in [0.29, 0.717) is 28.2 Å². The zero-order chi connectivity index (χ0) is 13.6. The van der Waals surface area contributed by atoms with Crippen molar-refractivity contribution in [3.63, 3.8) is 0 Å². The highest BCUT2D eigenvalue weighted by atomic mass is 35.5. The van der Waals surface area contributed by atoms with Crippen LogP contribution in [0, 0.1) is 17.8 Å². The second-order valence-electron chi connectivity index (χ2n) is 5.26. The van der Waals surface area contributed by atoms with E-state index in [1.807, 2.05) is 0 Å². The summed E-state index contributed by atoms with van der Waals surface area (Å²) in [4.78, 5) is 25.9. The highest BCUT2D eigenvalue weighted by Crippen LogP contribution is 2.44. The molecule has 0 radical (unpaired) electrons. The SMILES string of the molecule is O=C(O)[C@H]1CN(C(=O)c2ccc(Cl)s2)C[C@@H]1C1CC1. The van der Waals surface area contributed by atoms with Gasteiger partial charge in [-0.15, -0.1) is 11.3 Å². The predicted octanol–water partition coefficient (Wildman–Crippen LogP) is 2.58. The van der Waals surface area contributed by atoms with E-state index in [1.165, 1.54) is 11.3 Å². The Morgan fingerprint density at radius 2 is 2.05 bits per heavy atom. The minimum absolute atomic E-state index is 0.0914. The van der Waals surface area contributed by atoms with Crippen molar-refractivity contribution in [2.24, 2.45) is 17.8 Å². The van der Waals surface area contributed by atoms with Gasteiger partial charge in [0, 0.05) is 13.1 Å². The summed E-state index contributed by atoms with van der Waals surface area (Å²) in [6.45, 7) is 0.890. The van der Waals surface area contributed by atoms with Crippen LogP contribution in [0.2, 0.25) is 4.34 Å². The predicted molar refractivity (Wildman–Crippen MR) is 72.6 cm³/mol. The van der Waals surface area contributed by atoms with Crippen LogP contribution < -0.4 is 0 Å². The third-order valence-electron chi connectivity index (χ3n) is 3.98. The molecule has 2 fully saturated rings. The molecular weight excluding hydrogens is 286 g/mol. The van der Waals surface area contributed by atoms with Gasteiger partial charge in [0.15, 0.2) is 0 Å². The van der Waals surface area contributed by atoms with Crippen molar-refractivity contribution < 1.29 is 14.7 Å². The molecule has 0 bridgehead atoms. The molecule has 1 aliphatic heterocycles. The number of thiophene rings is 1. The third-order valence-corrected chi connectivity index (χ3v) is 5.20. The molecule has 1 aromatic heterocycles. The van der Waals surface area contributed by atoms with Gasteiger partial charge in [-0.2, -0.15) is 0 Å². The average molecular weight is 300 g/mol. The molecule has 6 heteroatoms. The van der Waals surface area contributed by atoms with Crippen LogP contribution in [-0.4, -0.2) is 35.0 Å². The Balaban J connectivity index is 1.75. The molecule has 2 aliphatic rings. The van der Waals surface area contributed by atoms with E-state index in [1.54, 1.807) is 17.0 Å². The number of carboxylic acid groups (broad SMARTS) is 1. The normalized spacial score (nSPS) is 26.7. The Hall–Kier alpha value is -1.07. The van der Waals surface area contributed by atoms with Crippen LogP contribution in [0.4, 0.5) is 0 Å². The van der Waals surface area contributed by atoms with Gasteiger partial charge in [0.2, 0.25) is 0 Å². The van der Waals surface area contributed by atoms with E-state index >= 15 is 0 Å². The number of halogens is 1. The summed E-state index contributed by atoms with van der Waals surface area (Å²) in [6.07, 6.45) is 2.20. The van der Waals surface area contributed by atoms with Gasteiger partial charge in [-0.3, -0.25) is 9.59 Å². The summed E-state index contributed by atoms with van der Waals surface area (Å²) in [5.74, 6) is -0.669. The fourth-order valence-corrected chi connectivity index (χ4v) is 3.85. The molecule has 19 heavy (non-hydrogen) atoms. The van der Waals surface area contributed by atoms with Crippen LogP contribution in [0.1, 0.15) is 22.5 Å². The number of rotatable bonds is 3. The molecule has 3 rings (SSSR count). The Labute approximate surface area is 120 Å². The Kier molecular flexibility index (Phi) is 3.27. The van der Waals surface area contributed by atoms with Crippen molar-refractivity contribution in [2.75, 3.05) is 13.1 Å². The van der Waals surface area contributed by atoms with Crippen LogP contribution in [0.15, 0.2) is 12.1 Å². The van der Waals surface area contributed by atoms with Crippen LogP contribution in [0.5, 0.6) is 0 Å². The largest absolute Gasteiger partial charge is 0.481 e. The number of amides is 1. The summed E-state index contributed by atoms with van der Waals surface area (Å²) >= 11 is 7.08. The van der Waals surface area contributed by atoms with Crippen molar-refractivity contribution in [1.82, 2.24) is 4.90 Å². The van der Waals surface area contributed by atoms with Gasteiger partial charge in [0.05, 0.1) is 15.1 Å². The zero-order valence-electron chi connectivity index (χ0n) is 10.2.